The zero-order valence-corrected chi connectivity index (χ0v) is 13.1. The molecule has 122 valence electrons. The SMILES string of the molecule is NS(=O)(=O)c1ccc(CCNC(=O)NC[C@@H]2CCCO2)cc1. The number of amides is 2. The van der Waals surface area contributed by atoms with Crippen molar-refractivity contribution in [3.8, 4) is 0 Å². The third-order valence-corrected chi connectivity index (χ3v) is 4.39. The second kappa shape index (κ2) is 7.57. The molecule has 0 saturated carbocycles. The van der Waals surface area contributed by atoms with Crippen molar-refractivity contribution in [1.82, 2.24) is 10.6 Å². The summed E-state index contributed by atoms with van der Waals surface area (Å²) in [6, 6.07) is 6.07. The number of hydrogen-bond acceptors (Lipinski definition) is 4. The number of carbonyl (C=O) groups excluding carboxylic acids is 1. The van der Waals surface area contributed by atoms with Gasteiger partial charge in [0.15, 0.2) is 0 Å². The first-order valence-corrected chi connectivity index (χ1v) is 8.75. The molecule has 0 unspecified atom stereocenters. The second-order valence-corrected chi connectivity index (χ2v) is 6.77. The van der Waals surface area contributed by atoms with Crippen molar-refractivity contribution in [2.24, 2.45) is 5.14 Å². The fourth-order valence-corrected chi connectivity index (χ4v) is 2.76. The highest BCUT2D eigenvalue weighted by Gasteiger charge is 2.15. The molecule has 0 bridgehead atoms. The van der Waals surface area contributed by atoms with Gasteiger partial charge < -0.3 is 15.4 Å². The number of ether oxygens (including phenoxy) is 1. The maximum atomic E-state index is 11.6. The Morgan fingerprint density at radius 2 is 2.00 bits per heavy atom. The number of hydrogen-bond donors (Lipinski definition) is 3. The van der Waals surface area contributed by atoms with Crippen LogP contribution in [0, 0.1) is 0 Å². The Kier molecular flexibility index (Phi) is 5.76. The highest BCUT2D eigenvalue weighted by Crippen LogP contribution is 2.10. The van der Waals surface area contributed by atoms with Gasteiger partial charge in [-0.1, -0.05) is 12.1 Å². The summed E-state index contributed by atoms with van der Waals surface area (Å²) in [7, 11) is -3.66. The summed E-state index contributed by atoms with van der Waals surface area (Å²) in [5.74, 6) is 0. The third kappa shape index (κ3) is 5.28. The molecule has 1 aromatic rings. The van der Waals surface area contributed by atoms with Crippen LogP contribution in [0.3, 0.4) is 0 Å². The Labute approximate surface area is 130 Å². The number of nitrogens with two attached hydrogens (primary N) is 1. The van der Waals surface area contributed by atoms with Crippen molar-refractivity contribution in [2.75, 3.05) is 19.7 Å². The van der Waals surface area contributed by atoms with Crippen LogP contribution in [-0.2, 0) is 21.2 Å². The van der Waals surface area contributed by atoms with Crippen LogP contribution in [-0.4, -0.2) is 40.2 Å². The van der Waals surface area contributed by atoms with Gasteiger partial charge in [0.05, 0.1) is 11.0 Å². The fraction of sp³-hybridized carbons (Fsp3) is 0.500. The Bertz CT molecular complexity index is 595. The monoisotopic (exact) mass is 327 g/mol. The van der Waals surface area contributed by atoms with Crippen molar-refractivity contribution < 1.29 is 17.9 Å². The van der Waals surface area contributed by atoms with Crippen LogP contribution in [0.15, 0.2) is 29.2 Å². The first kappa shape index (κ1) is 16.7. The van der Waals surface area contributed by atoms with Gasteiger partial charge in [0.25, 0.3) is 0 Å². The van der Waals surface area contributed by atoms with Crippen LogP contribution in [0.25, 0.3) is 0 Å². The molecule has 1 aliphatic heterocycles. The van der Waals surface area contributed by atoms with E-state index in [4.69, 9.17) is 9.88 Å². The van der Waals surface area contributed by atoms with E-state index in [2.05, 4.69) is 10.6 Å². The third-order valence-electron chi connectivity index (χ3n) is 3.47. The van der Waals surface area contributed by atoms with Crippen molar-refractivity contribution in [3.63, 3.8) is 0 Å². The van der Waals surface area contributed by atoms with Gasteiger partial charge in [-0.15, -0.1) is 0 Å². The molecule has 1 atom stereocenters. The van der Waals surface area contributed by atoms with E-state index in [0.717, 1.165) is 25.0 Å². The highest BCUT2D eigenvalue weighted by atomic mass is 32.2. The van der Waals surface area contributed by atoms with Gasteiger partial charge in [0.2, 0.25) is 10.0 Å². The molecule has 2 amide bonds. The van der Waals surface area contributed by atoms with E-state index in [0.29, 0.717) is 19.5 Å². The van der Waals surface area contributed by atoms with Crippen LogP contribution in [0.5, 0.6) is 0 Å². The van der Waals surface area contributed by atoms with E-state index in [1.54, 1.807) is 12.1 Å². The minimum atomic E-state index is -3.66. The van der Waals surface area contributed by atoms with Crippen LogP contribution in [0.1, 0.15) is 18.4 Å². The highest BCUT2D eigenvalue weighted by molar-refractivity contribution is 7.89. The van der Waals surface area contributed by atoms with Crippen LogP contribution in [0.4, 0.5) is 4.79 Å². The van der Waals surface area contributed by atoms with Gasteiger partial charge in [-0.2, -0.15) is 0 Å². The zero-order valence-electron chi connectivity index (χ0n) is 12.2. The maximum Gasteiger partial charge on any atom is 0.314 e. The van der Waals surface area contributed by atoms with Gasteiger partial charge in [-0.3, -0.25) is 0 Å². The largest absolute Gasteiger partial charge is 0.376 e. The minimum Gasteiger partial charge on any atom is -0.376 e. The lowest BCUT2D eigenvalue weighted by molar-refractivity contribution is 0.111. The molecule has 1 saturated heterocycles. The Morgan fingerprint density at radius 3 is 2.59 bits per heavy atom. The molecule has 0 radical (unpaired) electrons. The normalized spacial score (nSPS) is 18.1. The fourth-order valence-electron chi connectivity index (χ4n) is 2.24. The molecule has 0 aliphatic carbocycles. The van der Waals surface area contributed by atoms with Crippen LogP contribution in [0.2, 0.25) is 0 Å². The molecular weight excluding hydrogens is 306 g/mol. The quantitative estimate of drug-likeness (QED) is 0.700. The summed E-state index contributed by atoms with van der Waals surface area (Å²) < 4.78 is 27.7. The van der Waals surface area contributed by atoms with Crippen LogP contribution >= 0.6 is 0 Å². The Hall–Kier alpha value is -1.64. The summed E-state index contributed by atoms with van der Waals surface area (Å²) in [5, 5.41) is 10.5. The standard InChI is InChI=1S/C14H21N3O4S/c15-22(19,20)13-5-3-11(4-6-13)7-8-16-14(18)17-10-12-2-1-9-21-12/h3-6,12H,1-2,7-10H2,(H2,15,19,20)(H2,16,17,18)/t12-/m0/s1. The smallest absolute Gasteiger partial charge is 0.314 e. The maximum absolute atomic E-state index is 11.6. The first-order chi connectivity index (χ1) is 10.4. The number of primary sulfonamides is 1. The Morgan fingerprint density at radius 1 is 1.27 bits per heavy atom. The average molecular weight is 327 g/mol. The van der Waals surface area contributed by atoms with E-state index in [1.807, 2.05) is 0 Å². The predicted octanol–water partition coefficient (Wildman–Crippen LogP) is 0.355. The number of rotatable bonds is 6. The van der Waals surface area contributed by atoms with Crippen LogP contribution < -0.4 is 15.8 Å². The molecule has 8 heteroatoms. The molecule has 7 nitrogen and oxygen atoms in total. The van der Waals surface area contributed by atoms with Crippen molar-refractivity contribution in [2.45, 2.75) is 30.3 Å². The zero-order chi connectivity index (χ0) is 16.0. The van der Waals surface area contributed by atoms with Gasteiger partial charge in [-0.25, -0.2) is 18.4 Å². The van der Waals surface area contributed by atoms with Crippen molar-refractivity contribution in [1.29, 1.82) is 0 Å². The summed E-state index contributed by atoms with van der Waals surface area (Å²) in [4.78, 5) is 11.7. The second-order valence-electron chi connectivity index (χ2n) is 5.21. The van der Waals surface area contributed by atoms with Crippen molar-refractivity contribution in [3.05, 3.63) is 29.8 Å². The first-order valence-electron chi connectivity index (χ1n) is 7.20. The number of urea groups is 1. The lowest BCUT2D eigenvalue weighted by Crippen LogP contribution is -2.40. The summed E-state index contributed by atoms with van der Waals surface area (Å²) in [6.45, 7) is 1.75. The topological polar surface area (TPSA) is 111 Å². The van der Waals surface area contributed by atoms with E-state index in [9.17, 15) is 13.2 Å². The molecule has 1 heterocycles. The number of benzene rings is 1. The molecule has 2 rings (SSSR count). The van der Waals surface area contributed by atoms with Crippen molar-refractivity contribution >= 4 is 16.1 Å². The molecule has 0 aromatic heterocycles. The average Bonchev–Trinajstić information content (AvgIpc) is 2.98. The molecule has 1 aromatic carbocycles. The molecule has 4 N–H and O–H groups in total. The van der Waals surface area contributed by atoms with E-state index >= 15 is 0 Å². The van der Waals surface area contributed by atoms with Gasteiger partial charge in [0, 0.05) is 19.7 Å². The van der Waals surface area contributed by atoms with Gasteiger partial charge >= 0.3 is 6.03 Å². The van der Waals surface area contributed by atoms with Gasteiger partial charge in [0.1, 0.15) is 0 Å². The number of sulfonamides is 1. The number of carbonyl (C=O) groups is 1. The lowest BCUT2D eigenvalue weighted by atomic mass is 10.1. The molecule has 1 aliphatic rings. The van der Waals surface area contributed by atoms with E-state index < -0.39 is 10.0 Å². The summed E-state index contributed by atoms with van der Waals surface area (Å²) >= 11 is 0. The minimum absolute atomic E-state index is 0.0820. The Balaban J connectivity index is 1.68. The summed E-state index contributed by atoms with van der Waals surface area (Å²) in [5.41, 5.74) is 0.923. The molecule has 1 fully saturated rings. The van der Waals surface area contributed by atoms with E-state index in [-0.39, 0.29) is 17.0 Å². The number of nitrogens with one attached hydrogen (secondary N) is 2. The molecular formula is C14H21N3O4S. The molecule has 0 spiro atoms. The van der Waals surface area contributed by atoms with Gasteiger partial charge in [-0.05, 0) is 37.0 Å². The molecule has 22 heavy (non-hydrogen) atoms. The lowest BCUT2D eigenvalue weighted by Gasteiger charge is -2.11. The summed E-state index contributed by atoms with van der Waals surface area (Å²) in [6.07, 6.45) is 2.76. The predicted molar refractivity (Wildman–Crippen MR) is 81.9 cm³/mol. The van der Waals surface area contributed by atoms with E-state index in [1.165, 1.54) is 12.1 Å².